The van der Waals surface area contributed by atoms with E-state index >= 15 is 0 Å². The normalized spacial score (nSPS) is 7.75. The third kappa shape index (κ3) is 9.11. The molecule has 12 heavy (non-hydrogen) atoms. The Labute approximate surface area is 81.3 Å². The number of methoxy groups -OCH3 is 1. The second-order valence-electron chi connectivity index (χ2n) is 1.32. The Morgan fingerprint density at radius 2 is 1.83 bits per heavy atom. The van der Waals surface area contributed by atoms with E-state index < -0.39 is 11.8 Å². The van der Waals surface area contributed by atoms with Gasteiger partial charge in [-0.15, -0.1) is 0 Å². The van der Waals surface area contributed by atoms with Crippen LogP contribution in [0.5, 0.6) is 0 Å². The summed E-state index contributed by atoms with van der Waals surface area (Å²) in [5, 5.41) is 0. The molecule has 0 unspecified atom stereocenters. The van der Waals surface area contributed by atoms with Gasteiger partial charge in [0.25, 0.3) is 0 Å². The van der Waals surface area contributed by atoms with E-state index in [4.69, 9.17) is 0 Å². The summed E-state index contributed by atoms with van der Waals surface area (Å²) in [6.45, 7) is 0. The van der Waals surface area contributed by atoms with Gasteiger partial charge in [-0.3, -0.25) is 0 Å². The van der Waals surface area contributed by atoms with E-state index in [1.165, 1.54) is 7.11 Å². The molecule has 0 heterocycles. The van der Waals surface area contributed by atoms with Crippen molar-refractivity contribution in [1.29, 1.82) is 0 Å². The van der Waals surface area contributed by atoms with Crippen molar-refractivity contribution in [1.82, 2.24) is 0 Å². The maximum atomic E-state index is 10.2. The number of carbonyl (C=O) groups excluding carboxylic acids is 3. The minimum atomic E-state index is -0.884. The molecule has 62 valence electrons. The fourth-order valence-electron chi connectivity index (χ4n) is 0.246. The van der Waals surface area contributed by atoms with Crippen LogP contribution in [0.1, 0.15) is 0 Å². The van der Waals surface area contributed by atoms with Crippen LogP contribution in [0.4, 0.5) is 0 Å². The van der Waals surface area contributed by atoms with Crippen LogP contribution in [-0.2, 0) is 19.1 Å². The van der Waals surface area contributed by atoms with E-state index in [9.17, 15) is 14.4 Å². The average Bonchev–Trinajstić information content (AvgIpc) is 1.99. The molecule has 0 aromatic rings. The first kappa shape index (κ1) is 17.3. The first-order chi connectivity index (χ1) is 4.70. The zero-order chi connectivity index (χ0) is 7.98. The molecule has 0 spiro atoms. The van der Waals surface area contributed by atoms with Gasteiger partial charge in [0.1, 0.15) is 0 Å². The molecule has 0 saturated heterocycles. The summed E-state index contributed by atoms with van der Waals surface area (Å²) >= 11 is 0. The largest absolute Gasteiger partial charge is 1.00 e. The molecule has 6 heteroatoms. The van der Waals surface area contributed by atoms with Crippen LogP contribution in [0.15, 0.2) is 12.2 Å². The van der Waals surface area contributed by atoms with Crippen molar-refractivity contribution in [3.63, 3.8) is 0 Å². The Kier molecular flexibility index (Phi) is 14.5. The Hall–Kier alpha value is -0.893. The molecular formula is C6H6LiO5-. The standard InChI is InChI=1S/C6H5O4.Li.H2O/c1-10-6(9)3-2-5(8)4-7;;/h2-3H,1H3;;1H2/q-1;+1;/p-1/b3-2+;;. The van der Waals surface area contributed by atoms with E-state index in [2.05, 4.69) is 4.74 Å². The zero-order valence-corrected chi connectivity index (χ0v) is 6.73. The molecule has 0 fully saturated rings. The summed E-state index contributed by atoms with van der Waals surface area (Å²) in [4.78, 5) is 29.9. The van der Waals surface area contributed by atoms with Crippen molar-refractivity contribution < 1.29 is 43.5 Å². The third-order valence-electron chi connectivity index (χ3n) is 0.673. The van der Waals surface area contributed by atoms with Gasteiger partial charge in [0.2, 0.25) is 0 Å². The molecule has 0 saturated carbocycles. The van der Waals surface area contributed by atoms with Crippen molar-refractivity contribution in [3.05, 3.63) is 12.2 Å². The van der Waals surface area contributed by atoms with Crippen molar-refractivity contribution >= 4 is 18.0 Å². The van der Waals surface area contributed by atoms with Crippen LogP contribution in [0.3, 0.4) is 0 Å². The summed E-state index contributed by atoms with van der Waals surface area (Å²) in [5.41, 5.74) is 0. The monoisotopic (exact) mass is 165 g/mol. The quantitative estimate of drug-likeness (QED) is 0.141. The van der Waals surface area contributed by atoms with Crippen LogP contribution in [0.2, 0.25) is 0 Å². The second kappa shape index (κ2) is 10.1. The van der Waals surface area contributed by atoms with Crippen molar-refractivity contribution in [2.24, 2.45) is 0 Å². The minimum Gasteiger partial charge on any atom is -0.870 e. The molecular weight excluding hydrogens is 159 g/mol. The van der Waals surface area contributed by atoms with Crippen LogP contribution >= 0.6 is 0 Å². The Bertz CT molecular complexity index is 186. The Morgan fingerprint density at radius 3 is 2.17 bits per heavy atom. The number of ether oxygens (including phenoxy) is 1. The molecule has 0 aliphatic rings. The van der Waals surface area contributed by atoms with Gasteiger partial charge in [0, 0.05) is 6.29 Å². The number of rotatable bonds is 3. The average molecular weight is 165 g/mol. The maximum absolute atomic E-state index is 10.2. The smallest absolute Gasteiger partial charge is 0.870 e. The molecule has 0 bridgehead atoms. The van der Waals surface area contributed by atoms with Crippen molar-refractivity contribution in [3.8, 4) is 0 Å². The van der Waals surface area contributed by atoms with Crippen molar-refractivity contribution in [2.75, 3.05) is 7.11 Å². The molecule has 0 amide bonds. The van der Waals surface area contributed by atoms with Gasteiger partial charge in [-0.25, -0.2) is 4.79 Å². The first-order valence-electron chi connectivity index (χ1n) is 2.39. The molecule has 0 aromatic carbocycles. The summed E-state index contributed by atoms with van der Waals surface area (Å²) in [5.74, 6) is -1.56. The van der Waals surface area contributed by atoms with Gasteiger partial charge in [-0.2, -0.15) is 6.08 Å². The molecule has 0 aliphatic heterocycles. The third-order valence-corrected chi connectivity index (χ3v) is 0.673. The van der Waals surface area contributed by atoms with Gasteiger partial charge in [-0.05, 0) is 0 Å². The molecule has 0 rings (SSSR count). The van der Waals surface area contributed by atoms with E-state index in [0.29, 0.717) is 0 Å². The number of ketones is 1. The summed E-state index contributed by atoms with van der Waals surface area (Å²) < 4.78 is 4.14. The fourth-order valence-corrected chi connectivity index (χ4v) is 0.246. The van der Waals surface area contributed by atoms with E-state index in [1.807, 2.05) is 0 Å². The summed E-state index contributed by atoms with van der Waals surface area (Å²) in [7, 11) is 1.17. The number of hydrogen-bond donors (Lipinski definition) is 0. The fraction of sp³-hybridized carbons (Fsp3) is 0.167. The molecule has 0 aromatic heterocycles. The van der Waals surface area contributed by atoms with E-state index in [0.717, 1.165) is 18.4 Å². The molecule has 5 nitrogen and oxygen atoms in total. The molecule has 0 aliphatic carbocycles. The van der Waals surface area contributed by atoms with Gasteiger partial charge >= 0.3 is 24.8 Å². The number of carbonyl (C=O) groups is 2. The van der Waals surface area contributed by atoms with E-state index in [-0.39, 0.29) is 24.3 Å². The molecule has 1 N–H and O–H groups in total. The minimum absolute atomic E-state index is 0. The SMILES string of the molecule is COC(=O)/C=C/C(=O)[C-]=O.[Li+].[OH-]. The summed E-state index contributed by atoms with van der Waals surface area (Å²) in [6.07, 6.45) is 2.71. The molecule has 0 atom stereocenters. The second-order valence-corrected chi connectivity index (χ2v) is 1.32. The van der Waals surface area contributed by atoms with Gasteiger partial charge in [0.05, 0.1) is 12.9 Å². The van der Waals surface area contributed by atoms with E-state index in [1.54, 1.807) is 0 Å². The van der Waals surface area contributed by atoms with Crippen LogP contribution in [-0.4, -0.2) is 30.6 Å². The number of allylic oxidation sites excluding steroid dienone is 1. The predicted molar refractivity (Wildman–Crippen MR) is 33.8 cm³/mol. The topological polar surface area (TPSA) is 90.4 Å². The van der Waals surface area contributed by atoms with Gasteiger partial charge in [0.15, 0.2) is 0 Å². The summed E-state index contributed by atoms with van der Waals surface area (Å²) in [6, 6.07) is 0. The van der Waals surface area contributed by atoms with Crippen LogP contribution < -0.4 is 18.9 Å². The Balaban J connectivity index is -0.000000405. The maximum Gasteiger partial charge on any atom is 1.00 e. The number of esters is 1. The predicted octanol–water partition coefficient (Wildman–Crippen LogP) is -3.78. The Morgan fingerprint density at radius 1 is 1.33 bits per heavy atom. The first-order valence-corrected chi connectivity index (χ1v) is 2.39. The zero-order valence-electron chi connectivity index (χ0n) is 6.73. The van der Waals surface area contributed by atoms with Crippen LogP contribution in [0.25, 0.3) is 0 Å². The van der Waals surface area contributed by atoms with Gasteiger partial charge in [-0.1, -0.05) is 6.08 Å². The van der Waals surface area contributed by atoms with Crippen molar-refractivity contribution in [2.45, 2.75) is 0 Å². The van der Waals surface area contributed by atoms with Crippen LogP contribution in [0, 0.1) is 0 Å². The molecule has 0 radical (unpaired) electrons. The van der Waals surface area contributed by atoms with Gasteiger partial charge < -0.3 is 19.8 Å². The number of hydrogen-bond acceptors (Lipinski definition) is 5.